The highest BCUT2D eigenvalue weighted by molar-refractivity contribution is 6.30. The minimum atomic E-state index is 0.527. The molecule has 96 valence electrons. The van der Waals surface area contributed by atoms with Gasteiger partial charge in [-0.25, -0.2) is 4.98 Å². The lowest BCUT2D eigenvalue weighted by Gasteiger charge is -2.02. The van der Waals surface area contributed by atoms with E-state index in [0.717, 1.165) is 28.0 Å². The number of benzene rings is 2. The second-order valence-electron chi connectivity index (χ2n) is 4.53. The highest BCUT2D eigenvalue weighted by Gasteiger charge is 2.10. The van der Waals surface area contributed by atoms with Gasteiger partial charge in [-0.3, -0.25) is 0 Å². The predicted molar refractivity (Wildman–Crippen MR) is 79.1 cm³/mol. The Bertz CT molecular complexity index is 746. The maximum absolute atomic E-state index is 6.04. The molecule has 0 fully saturated rings. The topological polar surface area (TPSA) is 43.8 Å². The van der Waals surface area contributed by atoms with Crippen molar-refractivity contribution in [3.05, 3.63) is 53.1 Å². The third-order valence-electron chi connectivity index (χ3n) is 3.26. The van der Waals surface area contributed by atoms with Crippen molar-refractivity contribution in [2.75, 3.05) is 0 Å². The summed E-state index contributed by atoms with van der Waals surface area (Å²) < 4.78 is 2.07. The van der Waals surface area contributed by atoms with E-state index in [4.69, 9.17) is 17.3 Å². The van der Waals surface area contributed by atoms with Crippen molar-refractivity contribution < 1.29 is 0 Å². The lowest BCUT2D eigenvalue weighted by atomic mass is 10.2. The molecule has 0 aliphatic rings. The maximum atomic E-state index is 6.04. The number of rotatable bonds is 2. The summed E-state index contributed by atoms with van der Waals surface area (Å²) in [7, 11) is 2.01. The van der Waals surface area contributed by atoms with Gasteiger partial charge in [0.15, 0.2) is 0 Å². The van der Waals surface area contributed by atoms with E-state index >= 15 is 0 Å². The fraction of sp³-hybridized carbons (Fsp3) is 0.133. The summed E-state index contributed by atoms with van der Waals surface area (Å²) >= 11 is 6.04. The largest absolute Gasteiger partial charge is 0.327 e. The quantitative estimate of drug-likeness (QED) is 0.777. The van der Waals surface area contributed by atoms with Crippen LogP contribution in [0.25, 0.3) is 22.4 Å². The summed E-state index contributed by atoms with van der Waals surface area (Å²) in [4.78, 5) is 4.68. The van der Waals surface area contributed by atoms with Gasteiger partial charge in [0.05, 0.1) is 11.0 Å². The molecule has 0 unspecified atom stereocenters. The van der Waals surface area contributed by atoms with E-state index < -0.39 is 0 Å². The van der Waals surface area contributed by atoms with Crippen LogP contribution >= 0.6 is 11.6 Å². The molecular formula is C15H14ClN3. The Hall–Kier alpha value is -1.84. The molecule has 0 amide bonds. The zero-order chi connectivity index (χ0) is 13.4. The second-order valence-corrected chi connectivity index (χ2v) is 4.97. The summed E-state index contributed by atoms with van der Waals surface area (Å²) in [5.74, 6) is 0.909. The Morgan fingerprint density at radius 1 is 1.21 bits per heavy atom. The van der Waals surface area contributed by atoms with Gasteiger partial charge < -0.3 is 10.3 Å². The van der Waals surface area contributed by atoms with E-state index in [0.29, 0.717) is 11.6 Å². The molecular weight excluding hydrogens is 258 g/mol. The molecule has 4 heteroatoms. The zero-order valence-electron chi connectivity index (χ0n) is 10.6. The number of hydrogen-bond donors (Lipinski definition) is 1. The van der Waals surface area contributed by atoms with Crippen molar-refractivity contribution in [3.8, 4) is 11.4 Å². The molecule has 0 aliphatic carbocycles. The van der Waals surface area contributed by atoms with Crippen LogP contribution in [-0.4, -0.2) is 9.55 Å². The van der Waals surface area contributed by atoms with Gasteiger partial charge in [-0.15, -0.1) is 0 Å². The number of nitrogens with two attached hydrogens (primary N) is 1. The van der Waals surface area contributed by atoms with Crippen LogP contribution in [0.15, 0.2) is 42.5 Å². The minimum Gasteiger partial charge on any atom is -0.327 e. The average Bonchev–Trinajstić information content (AvgIpc) is 2.75. The van der Waals surface area contributed by atoms with Crippen molar-refractivity contribution >= 4 is 22.6 Å². The van der Waals surface area contributed by atoms with Gasteiger partial charge in [-0.05, 0) is 29.8 Å². The van der Waals surface area contributed by atoms with Crippen molar-refractivity contribution in [3.63, 3.8) is 0 Å². The highest BCUT2D eigenvalue weighted by atomic mass is 35.5. The SMILES string of the molecule is Cn1c(-c2cccc(Cl)c2)nc2cc(CN)ccc21. The molecule has 2 aromatic carbocycles. The van der Waals surface area contributed by atoms with Crippen LogP contribution < -0.4 is 5.73 Å². The van der Waals surface area contributed by atoms with Crippen molar-refractivity contribution in [1.29, 1.82) is 0 Å². The molecule has 2 N–H and O–H groups in total. The first kappa shape index (κ1) is 12.2. The Labute approximate surface area is 116 Å². The molecule has 3 nitrogen and oxygen atoms in total. The maximum Gasteiger partial charge on any atom is 0.140 e. The predicted octanol–water partition coefficient (Wildman–Crippen LogP) is 3.35. The van der Waals surface area contributed by atoms with E-state index in [2.05, 4.69) is 15.6 Å². The molecule has 19 heavy (non-hydrogen) atoms. The smallest absolute Gasteiger partial charge is 0.140 e. The summed E-state index contributed by atoms with van der Waals surface area (Å²) in [6, 6.07) is 13.8. The first-order chi connectivity index (χ1) is 9.19. The number of imidazole rings is 1. The highest BCUT2D eigenvalue weighted by Crippen LogP contribution is 2.26. The molecule has 0 saturated heterocycles. The monoisotopic (exact) mass is 271 g/mol. The van der Waals surface area contributed by atoms with E-state index in [1.54, 1.807) is 0 Å². The third-order valence-corrected chi connectivity index (χ3v) is 3.50. The van der Waals surface area contributed by atoms with Crippen molar-refractivity contribution in [2.45, 2.75) is 6.54 Å². The standard InChI is InChI=1S/C15H14ClN3/c1-19-14-6-5-10(9-17)7-13(14)18-15(19)11-3-2-4-12(16)8-11/h2-8H,9,17H2,1H3. The molecule has 1 aromatic heterocycles. The van der Waals surface area contributed by atoms with Gasteiger partial charge in [0.25, 0.3) is 0 Å². The van der Waals surface area contributed by atoms with Crippen molar-refractivity contribution in [2.24, 2.45) is 12.8 Å². The summed E-state index contributed by atoms with van der Waals surface area (Å²) in [6.45, 7) is 0.527. The normalized spacial score (nSPS) is 11.1. The van der Waals surface area contributed by atoms with E-state index in [1.807, 2.05) is 43.4 Å². The van der Waals surface area contributed by atoms with E-state index in [9.17, 15) is 0 Å². The van der Waals surface area contributed by atoms with Gasteiger partial charge in [0, 0.05) is 24.2 Å². The van der Waals surface area contributed by atoms with Gasteiger partial charge >= 0.3 is 0 Å². The van der Waals surface area contributed by atoms with Gasteiger partial charge in [-0.2, -0.15) is 0 Å². The molecule has 1 heterocycles. The lowest BCUT2D eigenvalue weighted by Crippen LogP contribution is -1.95. The minimum absolute atomic E-state index is 0.527. The summed E-state index contributed by atoms with van der Waals surface area (Å²) in [5.41, 5.74) is 9.81. The summed E-state index contributed by atoms with van der Waals surface area (Å²) in [6.07, 6.45) is 0. The average molecular weight is 272 g/mol. The molecule has 3 rings (SSSR count). The fourth-order valence-electron chi connectivity index (χ4n) is 2.26. The van der Waals surface area contributed by atoms with E-state index in [1.165, 1.54) is 0 Å². The number of fused-ring (bicyclic) bond motifs is 1. The Kier molecular flexibility index (Phi) is 3.01. The van der Waals surface area contributed by atoms with Crippen LogP contribution in [0.2, 0.25) is 5.02 Å². The Morgan fingerprint density at radius 3 is 2.79 bits per heavy atom. The second kappa shape index (κ2) is 4.68. The molecule has 0 saturated carbocycles. The number of hydrogen-bond acceptors (Lipinski definition) is 2. The van der Waals surface area contributed by atoms with Gasteiger partial charge in [-0.1, -0.05) is 29.8 Å². The fourth-order valence-corrected chi connectivity index (χ4v) is 2.45. The van der Waals surface area contributed by atoms with Crippen LogP contribution in [0.3, 0.4) is 0 Å². The van der Waals surface area contributed by atoms with Crippen LogP contribution in [0.5, 0.6) is 0 Å². The van der Waals surface area contributed by atoms with Crippen LogP contribution in [-0.2, 0) is 13.6 Å². The molecule has 3 aromatic rings. The summed E-state index contributed by atoms with van der Waals surface area (Å²) in [5, 5.41) is 0.715. The zero-order valence-corrected chi connectivity index (χ0v) is 11.4. The number of aryl methyl sites for hydroxylation is 1. The van der Waals surface area contributed by atoms with Crippen LogP contribution in [0, 0.1) is 0 Å². The lowest BCUT2D eigenvalue weighted by molar-refractivity contribution is 0.959. The number of nitrogens with zero attached hydrogens (tertiary/aromatic N) is 2. The number of aromatic nitrogens is 2. The first-order valence-electron chi connectivity index (χ1n) is 6.10. The molecule has 0 bridgehead atoms. The number of halogens is 1. The van der Waals surface area contributed by atoms with Gasteiger partial charge in [0.2, 0.25) is 0 Å². The molecule has 0 atom stereocenters. The third kappa shape index (κ3) is 2.11. The van der Waals surface area contributed by atoms with E-state index in [-0.39, 0.29) is 0 Å². The molecule has 0 spiro atoms. The van der Waals surface area contributed by atoms with Crippen molar-refractivity contribution in [1.82, 2.24) is 9.55 Å². The first-order valence-corrected chi connectivity index (χ1v) is 6.48. The van der Waals surface area contributed by atoms with Crippen LogP contribution in [0.1, 0.15) is 5.56 Å². The molecule has 0 aliphatic heterocycles. The van der Waals surface area contributed by atoms with Crippen LogP contribution in [0.4, 0.5) is 0 Å². The Morgan fingerprint density at radius 2 is 2.05 bits per heavy atom. The molecule has 0 radical (unpaired) electrons. The van der Waals surface area contributed by atoms with Gasteiger partial charge in [0.1, 0.15) is 5.82 Å². The Balaban J connectivity index is 2.22.